The topological polar surface area (TPSA) is 91.7 Å². The number of hydrogen-bond acceptors (Lipinski definition) is 5. The van der Waals surface area contributed by atoms with Gasteiger partial charge >= 0.3 is 6.03 Å². The fraction of sp³-hybridized carbons (Fsp3) is 0.385. The molecule has 2 unspecified atom stereocenters. The van der Waals surface area contributed by atoms with Crippen molar-refractivity contribution in [3.05, 3.63) is 77.0 Å². The van der Waals surface area contributed by atoms with Crippen molar-refractivity contribution in [2.24, 2.45) is 0 Å². The highest BCUT2D eigenvalue weighted by Gasteiger charge is 2.35. The molecule has 0 bridgehead atoms. The number of aromatic nitrogens is 2. The van der Waals surface area contributed by atoms with Crippen molar-refractivity contribution in [1.82, 2.24) is 20.0 Å². The SMILES string of the molecule is COCCN1CC(NC(=O)Nc2c(C)c(CCO)nn2-c2ccccc2)C(c2cc(F)cc(F)c2)C1. The van der Waals surface area contributed by atoms with Gasteiger partial charge in [0.1, 0.15) is 17.5 Å². The average Bonchev–Trinajstić information content (AvgIpc) is 3.39. The highest BCUT2D eigenvalue weighted by Crippen LogP contribution is 2.29. The predicted molar refractivity (Wildman–Crippen MR) is 132 cm³/mol. The molecule has 1 aliphatic rings. The van der Waals surface area contributed by atoms with Crippen LogP contribution < -0.4 is 10.6 Å². The maximum Gasteiger partial charge on any atom is 0.320 e. The first-order chi connectivity index (χ1) is 17.4. The first-order valence-electron chi connectivity index (χ1n) is 11.9. The summed E-state index contributed by atoms with van der Waals surface area (Å²) in [5, 5.41) is 19.9. The molecule has 2 aromatic carbocycles. The molecule has 1 saturated heterocycles. The van der Waals surface area contributed by atoms with E-state index in [1.54, 1.807) is 11.8 Å². The minimum absolute atomic E-state index is 0.0659. The van der Waals surface area contributed by atoms with Crippen LogP contribution in [0, 0.1) is 18.6 Å². The molecule has 0 spiro atoms. The summed E-state index contributed by atoms with van der Waals surface area (Å²) < 4.78 is 34.8. The highest BCUT2D eigenvalue weighted by atomic mass is 19.1. The Morgan fingerprint density at radius 3 is 2.56 bits per heavy atom. The third-order valence-corrected chi connectivity index (χ3v) is 6.44. The molecule has 1 aromatic heterocycles. The molecule has 0 aliphatic carbocycles. The zero-order valence-corrected chi connectivity index (χ0v) is 20.4. The number of anilines is 1. The number of ether oxygens (including phenoxy) is 1. The van der Waals surface area contributed by atoms with E-state index in [4.69, 9.17) is 4.74 Å². The molecule has 8 nitrogen and oxygen atoms in total. The van der Waals surface area contributed by atoms with E-state index in [1.165, 1.54) is 12.1 Å². The van der Waals surface area contributed by atoms with Crippen LogP contribution in [-0.2, 0) is 11.2 Å². The number of urea groups is 1. The van der Waals surface area contributed by atoms with Gasteiger partial charge in [-0.2, -0.15) is 5.10 Å². The number of para-hydroxylation sites is 1. The number of amides is 2. The second kappa shape index (κ2) is 11.6. The molecular weight excluding hydrogens is 468 g/mol. The van der Waals surface area contributed by atoms with Crippen LogP contribution in [0.3, 0.4) is 0 Å². The smallest absolute Gasteiger partial charge is 0.320 e. The lowest BCUT2D eigenvalue weighted by molar-refractivity contribution is 0.159. The summed E-state index contributed by atoms with van der Waals surface area (Å²) in [5.41, 5.74) is 2.68. The number of carbonyl (C=O) groups is 1. The van der Waals surface area contributed by atoms with Crippen molar-refractivity contribution < 1.29 is 23.4 Å². The third kappa shape index (κ3) is 5.89. The number of rotatable bonds is 9. The van der Waals surface area contributed by atoms with E-state index in [-0.39, 0.29) is 18.6 Å². The van der Waals surface area contributed by atoms with Crippen molar-refractivity contribution in [3.8, 4) is 5.69 Å². The molecular formula is C26H31F2N5O3. The quantitative estimate of drug-likeness (QED) is 0.421. The number of halogens is 2. The summed E-state index contributed by atoms with van der Waals surface area (Å²) in [4.78, 5) is 15.3. The van der Waals surface area contributed by atoms with Gasteiger partial charge in [-0.05, 0) is 36.8 Å². The monoisotopic (exact) mass is 499 g/mol. The average molecular weight is 500 g/mol. The maximum atomic E-state index is 14.0. The van der Waals surface area contributed by atoms with Gasteiger partial charge in [0, 0.05) is 57.3 Å². The van der Waals surface area contributed by atoms with Crippen LogP contribution in [0.5, 0.6) is 0 Å². The fourth-order valence-electron chi connectivity index (χ4n) is 4.66. The van der Waals surface area contributed by atoms with Crippen LogP contribution in [0.15, 0.2) is 48.5 Å². The van der Waals surface area contributed by atoms with E-state index in [2.05, 4.69) is 20.6 Å². The van der Waals surface area contributed by atoms with Crippen LogP contribution in [0.1, 0.15) is 22.7 Å². The molecule has 1 aliphatic heterocycles. The van der Waals surface area contributed by atoms with Gasteiger partial charge in [-0.1, -0.05) is 18.2 Å². The Morgan fingerprint density at radius 2 is 1.89 bits per heavy atom. The van der Waals surface area contributed by atoms with E-state index in [1.807, 2.05) is 37.3 Å². The van der Waals surface area contributed by atoms with Crippen LogP contribution in [0.25, 0.3) is 5.69 Å². The summed E-state index contributed by atoms with van der Waals surface area (Å²) in [6.45, 7) is 3.95. The summed E-state index contributed by atoms with van der Waals surface area (Å²) in [5.74, 6) is -1.11. The maximum absolute atomic E-state index is 14.0. The molecule has 2 amide bonds. The van der Waals surface area contributed by atoms with Crippen molar-refractivity contribution in [3.63, 3.8) is 0 Å². The van der Waals surface area contributed by atoms with Gasteiger partial charge in [0.15, 0.2) is 0 Å². The summed E-state index contributed by atoms with van der Waals surface area (Å²) in [6, 6.07) is 12.0. The Kier molecular flexibility index (Phi) is 8.29. The molecule has 192 valence electrons. The van der Waals surface area contributed by atoms with Crippen LogP contribution >= 0.6 is 0 Å². The number of nitrogens with zero attached hydrogens (tertiary/aromatic N) is 3. The number of nitrogens with one attached hydrogen (secondary N) is 2. The first kappa shape index (κ1) is 25.7. The lowest BCUT2D eigenvalue weighted by Crippen LogP contribution is -2.42. The van der Waals surface area contributed by atoms with Crippen LogP contribution in [-0.4, -0.2) is 71.8 Å². The standard InChI is InChI=1S/C26H31F2N5O3/c1-17-23(8-10-34)31-33(21-6-4-3-5-7-21)25(17)30-26(35)29-24-16-32(9-11-36-2)15-22(24)18-12-19(27)14-20(28)13-18/h3-7,12-14,22,24,34H,8-11,15-16H2,1-2H3,(H2,29,30,35). The lowest BCUT2D eigenvalue weighted by atomic mass is 9.94. The number of aliphatic hydroxyl groups excluding tert-OH is 1. The van der Waals surface area contributed by atoms with Gasteiger partial charge in [0.25, 0.3) is 0 Å². The zero-order chi connectivity index (χ0) is 25.7. The number of benzene rings is 2. The van der Waals surface area contributed by atoms with Gasteiger partial charge in [0.2, 0.25) is 0 Å². The molecule has 0 saturated carbocycles. The van der Waals surface area contributed by atoms with Gasteiger partial charge in [-0.15, -0.1) is 0 Å². The first-order valence-corrected chi connectivity index (χ1v) is 11.9. The fourth-order valence-corrected chi connectivity index (χ4v) is 4.66. The van der Waals surface area contributed by atoms with E-state index >= 15 is 0 Å². The van der Waals surface area contributed by atoms with Crippen molar-refractivity contribution in [1.29, 1.82) is 0 Å². The van der Waals surface area contributed by atoms with Crippen molar-refractivity contribution >= 4 is 11.8 Å². The number of likely N-dealkylation sites (tertiary alicyclic amines) is 1. The molecule has 3 aromatic rings. The largest absolute Gasteiger partial charge is 0.396 e. The molecule has 2 heterocycles. The zero-order valence-electron chi connectivity index (χ0n) is 20.4. The predicted octanol–water partition coefficient (Wildman–Crippen LogP) is 3.23. The summed E-state index contributed by atoms with van der Waals surface area (Å²) in [6.07, 6.45) is 0.353. The van der Waals surface area contributed by atoms with Crippen molar-refractivity contribution in [2.45, 2.75) is 25.3 Å². The number of methoxy groups -OCH3 is 1. The number of carbonyl (C=O) groups excluding carboxylic acids is 1. The van der Waals surface area contributed by atoms with Crippen LogP contribution in [0.2, 0.25) is 0 Å². The third-order valence-electron chi connectivity index (χ3n) is 6.44. The summed E-state index contributed by atoms with van der Waals surface area (Å²) >= 11 is 0. The van der Waals surface area contributed by atoms with E-state index in [0.717, 1.165) is 17.3 Å². The number of aliphatic hydroxyl groups is 1. The van der Waals surface area contributed by atoms with Gasteiger partial charge in [-0.25, -0.2) is 18.3 Å². The normalized spacial score (nSPS) is 17.9. The van der Waals surface area contributed by atoms with Gasteiger partial charge in [0.05, 0.1) is 24.0 Å². The lowest BCUT2D eigenvalue weighted by Gasteiger charge is -2.21. The Labute approximate surface area is 208 Å². The Bertz CT molecular complexity index is 1170. The van der Waals surface area contributed by atoms with Gasteiger partial charge < -0.3 is 15.2 Å². The Hall–Kier alpha value is -3.34. The van der Waals surface area contributed by atoms with E-state index in [0.29, 0.717) is 49.7 Å². The molecule has 1 fully saturated rings. The molecule has 2 atom stereocenters. The highest BCUT2D eigenvalue weighted by molar-refractivity contribution is 5.90. The molecule has 3 N–H and O–H groups in total. The van der Waals surface area contributed by atoms with Gasteiger partial charge in [-0.3, -0.25) is 10.2 Å². The van der Waals surface area contributed by atoms with E-state index in [9.17, 15) is 18.7 Å². The van der Waals surface area contributed by atoms with Crippen LogP contribution in [0.4, 0.5) is 19.4 Å². The summed E-state index contributed by atoms with van der Waals surface area (Å²) in [7, 11) is 1.61. The minimum atomic E-state index is -0.651. The second-order valence-corrected chi connectivity index (χ2v) is 8.91. The number of hydrogen-bond donors (Lipinski definition) is 3. The molecule has 36 heavy (non-hydrogen) atoms. The Balaban J connectivity index is 1.57. The molecule has 10 heteroatoms. The molecule has 4 rings (SSSR count). The van der Waals surface area contributed by atoms with E-state index < -0.39 is 17.7 Å². The minimum Gasteiger partial charge on any atom is -0.396 e. The Morgan fingerprint density at radius 1 is 1.17 bits per heavy atom. The molecule has 0 radical (unpaired) electrons. The van der Waals surface area contributed by atoms with Crippen molar-refractivity contribution in [2.75, 3.05) is 45.3 Å². The second-order valence-electron chi connectivity index (χ2n) is 8.91.